The molecule has 0 aliphatic carbocycles. The van der Waals surface area contributed by atoms with Gasteiger partial charge in [-0.3, -0.25) is 10.1 Å². The van der Waals surface area contributed by atoms with Crippen LogP contribution in [-0.2, 0) is 21.3 Å². The van der Waals surface area contributed by atoms with Crippen molar-refractivity contribution in [2.24, 2.45) is 0 Å². The van der Waals surface area contributed by atoms with E-state index in [9.17, 15) is 22.9 Å². The minimum Gasteiger partial charge on any atom is -0.377 e. The fourth-order valence-corrected chi connectivity index (χ4v) is 5.05. The molecule has 2 aromatic rings. The van der Waals surface area contributed by atoms with Gasteiger partial charge in [-0.05, 0) is 36.4 Å². The maximum atomic E-state index is 13.6. The van der Waals surface area contributed by atoms with Gasteiger partial charge in [0.2, 0.25) is 15.8 Å². The highest BCUT2D eigenvalue weighted by Crippen LogP contribution is 2.27. The smallest absolute Gasteiger partial charge is 0.306 e. The lowest BCUT2D eigenvalue weighted by molar-refractivity contribution is -0.387. The summed E-state index contributed by atoms with van der Waals surface area (Å²) >= 11 is 1.42. The molecule has 1 fully saturated rings. The highest BCUT2D eigenvalue weighted by molar-refractivity contribution is 7.89. The second kappa shape index (κ2) is 7.78. The molecule has 1 saturated heterocycles. The van der Waals surface area contributed by atoms with Crippen molar-refractivity contribution >= 4 is 27.0 Å². The molecule has 1 aromatic heterocycles. The molecule has 7 nitrogen and oxygen atoms in total. The third-order valence-electron chi connectivity index (χ3n) is 4.10. The molecule has 0 spiro atoms. The molecule has 0 bridgehead atoms. The van der Waals surface area contributed by atoms with E-state index in [1.165, 1.54) is 15.6 Å². The van der Waals surface area contributed by atoms with Crippen molar-refractivity contribution in [1.82, 2.24) is 4.31 Å². The topological polar surface area (TPSA) is 89.8 Å². The summed E-state index contributed by atoms with van der Waals surface area (Å²) in [5, 5.41) is 12.8. The van der Waals surface area contributed by atoms with Crippen LogP contribution in [0.25, 0.3) is 0 Å². The van der Waals surface area contributed by atoms with Gasteiger partial charge in [-0.15, -0.1) is 11.3 Å². The van der Waals surface area contributed by atoms with E-state index in [0.717, 1.165) is 35.9 Å². The van der Waals surface area contributed by atoms with Gasteiger partial charge in [0.15, 0.2) is 0 Å². The van der Waals surface area contributed by atoms with Crippen molar-refractivity contribution in [3.05, 3.63) is 56.5 Å². The standard InChI is InChI=1S/C16H17FN2O5S2/c17-15-6-5-14(9-16(15)19(20)21)26(22,23)18(10-12-3-1-7-24-12)11-13-4-2-8-25-13/h2,4-6,8-9,12H,1,3,7,10-11H2/t12-/m1/s1. The summed E-state index contributed by atoms with van der Waals surface area (Å²) in [6.07, 6.45) is 1.39. The summed E-state index contributed by atoms with van der Waals surface area (Å²) in [6.45, 7) is 0.857. The minimum absolute atomic E-state index is 0.130. The first kappa shape index (κ1) is 18.9. The molecule has 0 radical (unpaired) electrons. The Balaban J connectivity index is 1.94. The van der Waals surface area contributed by atoms with E-state index >= 15 is 0 Å². The van der Waals surface area contributed by atoms with Crippen molar-refractivity contribution in [2.75, 3.05) is 13.2 Å². The Labute approximate surface area is 154 Å². The molecule has 26 heavy (non-hydrogen) atoms. The number of nitro groups is 1. The van der Waals surface area contributed by atoms with Crippen LogP contribution in [0.15, 0.2) is 40.6 Å². The molecular formula is C16H17FN2O5S2. The number of ether oxygens (including phenoxy) is 1. The first-order chi connectivity index (χ1) is 12.4. The first-order valence-corrected chi connectivity index (χ1v) is 10.3. The summed E-state index contributed by atoms with van der Waals surface area (Å²) in [5.74, 6) is -1.07. The third kappa shape index (κ3) is 4.09. The lowest BCUT2D eigenvalue weighted by atomic mass is 10.2. The molecule has 140 valence electrons. The largest absolute Gasteiger partial charge is 0.377 e. The van der Waals surface area contributed by atoms with E-state index < -0.39 is 26.5 Å². The quantitative estimate of drug-likeness (QED) is 0.526. The molecule has 1 aromatic carbocycles. The summed E-state index contributed by atoms with van der Waals surface area (Å²) in [4.78, 5) is 10.5. The maximum Gasteiger partial charge on any atom is 0.306 e. The molecule has 0 unspecified atom stereocenters. The van der Waals surface area contributed by atoms with E-state index in [-0.39, 0.29) is 24.1 Å². The van der Waals surface area contributed by atoms with Gasteiger partial charge in [0.1, 0.15) is 0 Å². The fourth-order valence-electron chi connectivity index (χ4n) is 2.78. The Morgan fingerprint density at radius 2 is 2.19 bits per heavy atom. The number of sulfonamides is 1. The number of rotatable bonds is 7. The average molecular weight is 400 g/mol. The van der Waals surface area contributed by atoms with Crippen molar-refractivity contribution in [3.63, 3.8) is 0 Å². The lowest BCUT2D eigenvalue weighted by Crippen LogP contribution is -2.36. The monoisotopic (exact) mass is 400 g/mol. The van der Waals surface area contributed by atoms with E-state index in [4.69, 9.17) is 4.74 Å². The average Bonchev–Trinajstić information content (AvgIpc) is 3.28. The Morgan fingerprint density at radius 3 is 2.81 bits per heavy atom. The number of halogens is 1. The zero-order valence-electron chi connectivity index (χ0n) is 13.7. The molecule has 1 atom stereocenters. The molecule has 0 amide bonds. The van der Waals surface area contributed by atoms with Gasteiger partial charge in [-0.2, -0.15) is 8.70 Å². The minimum atomic E-state index is -4.05. The van der Waals surface area contributed by atoms with E-state index in [1.807, 2.05) is 17.5 Å². The summed E-state index contributed by atoms with van der Waals surface area (Å²) in [5.41, 5.74) is -0.862. The Kier molecular flexibility index (Phi) is 5.66. The predicted octanol–water partition coefficient (Wildman–Crippen LogP) is 3.17. The van der Waals surface area contributed by atoms with Crippen molar-refractivity contribution in [2.45, 2.75) is 30.4 Å². The molecule has 2 heterocycles. The Morgan fingerprint density at radius 1 is 1.38 bits per heavy atom. The number of thiophene rings is 1. The van der Waals surface area contributed by atoms with E-state index in [1.54, 1.807) is 0 Å². The van der Waals surface area contributed by atoms with Crippen LogP contribution in [0.2, 0.25) is 0 Å². The van der Waals surface area contributed by atoms with Crippen LogP contribution in [0.3, 0.4) is 0 Å². The molecule has 0 N–H and O–H groups in total. The molecular weight excluding hydrogens is 383 g/mol. The van der Waals surface area contributed by atoms with Crippen molar-refractivity contribution in [3.8, 4) is 0 Å². The zero-order chi connectivity index (χ0) is 18.7. The number of nitro benzene ring substituents is 1. The molecule has 3 rings (SSSR count). The second-order valence-corrected chi connectivity index (χ2v) is 8.85. The summed E-state index contributed by atoms with van der Waals surface area (Å²) in [6, 6.07) is 6.26. The molecule has 10 heteroatoms. The normalized spacial score (nSPS) is 17.7. The van der Waals surface area contributed by atoms with E-state index in [2.05, 4.69) is 0 Å². The second-order valence-electron chi connectivity index (χ2n) is 5.88. The predicted molar refractivity (Wildman–Crippen MR) is 93.9 cm³/mol. The van der Waals surface area contributed by atoms with Crippen LogP contribution in [0.4, 0.5) is 10.1 Å². The number of hydrogen-bond acceptors (Lipinski definition) is 6. The Bertz CT molecular complexity index is 880. The van der Waals surface area contributed by atoms with Gasteiger partial charge in [0, 0.05) is 30.6 Å². The van der Waals surface area contributed by atoms with Gasteiger partial charge < -0.3 is 4.74 Å². The van der Waals surface area contributed by atoms with Gasteiger partial charge >= 0.3 is 5.69 Å². The third-order valence-corrected chi connectivity index (χ3v) is 6.76. The van der Waals surface area contributed by atoms with Crippen LogP contribution >= 0.6 is 11.3 Å². The molecule has 1 aliphatic heterocycles. The van der Waals surface area contributed by atoms with Crippen LogP contribution in [0.1, 0.15) is 17.7 Å². The van der Waals surface area contributed by atoms with Gasteiger partial charge in [0.25, 0.3) is 0 Å². The fraction of sp³-hybridized carbons (Fsp3) is 0.375. The van der Waals surface area contributed by atoms with Gasteiger partial charge in [0.05, 0.1) is 15.9 Å². The summed E-state index contributed by atoms with van der Waals surface area (Å²) < 4.78 is 46.5. The van der Waals surface area contributed by atoms with Crippen LogP contribution < -0.4 is 0 Å². The van der Waals surface area contributed by atoms with Gasteiger partial charge in [-0.25, -0.2) is 8.42 Å². The number of hydrogen-bond donors (Lipinski definition) is 0. The highest BCUT2D eigenvalue weighted by atomic mass is 32.2. The number of benzene rings is 1. The van der Waals surface area contributed by atoms with Crippen molar-refractivity contribution in [1.29, 1.82) is 0 Å². The van der Waals surface area contributed by atoms with Crippen LogP contribution in [-0.4, -0.2) is 36.9 Å². The van der Waals surface area contributed by atoms with E-state index in [0.29, 0.717) is 6.61 Å². The molecule has 1 aliphatic rings. The highest BCUT2D eigenvalue weighted by Gasteiger charge is 2.31. The lowest BCUT2D eigenvalue weighted by Gasteiger charge is -2.24. The first-order valence-electron chi connectivity index (χ1n) is 7.96. The summed E-state index contributed by atoms with van der Waals surface area (Å²) in [7, 11) is -4.05. The maximum absolute atomic E-state index is 13.6. The zero-order valence-corrected chi connectivity index (χ0v) is 15.3. The number of nitrogens with zero attached hydrogens (tertiary/aromatic N) is 2. The molecule has 0 saturated carbocycles. The SMILES string of the molecule is O=[N+]([O-])c1cc(S(=O)(=O)N(Cc2cccs2)C[C@H]2CCCO2)ccc1F. The van der Waals surface area contributed by atoms with Crippen LogP contribution in [0.5, 0.6) is 0 Å². The Hall–Kier alpha value is -1.88. The van der Waals surface area contributed by atoms with Gasteiger partial charge in [-0.1, -0.05) is 6.07 Å². The van der Waals surface area contributed by atoms with Crippen LogP contribution in [0, 0.1) is 15.9 Å². The van der Waals surface area contributed by atoms with Crippen molar-refractivity contribution < 1.29 is 22.5 Å².